The lowest BCUT2D eigenvalue weighted by Crippen LogP contribution is -2.07. The lowest BCUT2D eigenvalue weighted by atomic mass is 10.1. The summed E-state index contributed by atoms with van der Waals surface area (Å²) in [6, 6.07) is 8.15. The van der Waals surface area contributed by atoms with Gasteiger partial charge in [-0.1, -0.05) is 40.9 Å². The summed E-state index contributed by atoms with van der Waals surface area (Å²) in [5.41, 5.74) is 1.45. The van der Waals surface area contributed by atoms with E-state index in [1.165, 1.54) is 12.1 Å². The smallest absolute Gasteiger partial charge is 0.142 e. The quantitative estimate of drug-likeness (QED) is 0.567. The molecule has 106 valence electrons. The molecular formula is C14H10BrCl3FN. The zero-order valence-electron chi connectivity index (χ0n) is 10.4. The minimum atomic E-state index is -0.447. The molecule has 1 unspecified atom stereocenters. The van der Waals surface area contributed by atoms with E-state index in [9.17, 15) is 4.39 Å². The molecular weight excluding hydrogens is 387 g/mol. The first-order valence-electron chi connectivity index (χ1n) is 5.75. The van der Waals surface area contributed by atoms with Gasteiger partial charge in [-0.3, -0.25) is 0 Å². The number of rotatable bonds is 3. The average Bonchev–Trinajstić information content (AvgIpc) is 2.42. The first-order chi connectivity index (χ1) is 9.40. The van der Waals surface area contributed by atoms with E-state index in [0.717, 1.165) is 10.0 Å². The van der Waals surface area contributed by atoms with Gasteiger partial charge in [-0.2, -0.15) is 0 Å². The number of benzene rings is 2. The van der Waals surface area contributed by atoms with Gasteiger partial charge in [0.05, 0.1) is 20.8 Å². The maximum absolute atomic E-state index is 13.5. The predicted molar refractivity (Wildman–Crippen MR) is 87.6 cm³/mol. The molecule has 0 amide bonds. The summed E-state index contributed by atoms with van der Waals surface area (Å²) in [5.74, 6) is -0.447. The van der Waals surface area contributed by atoms with Crippen LogP contribution in [0.3, 0.4) is 0 Å². The number of hydrogen-bond donors (Lipinski definition) is 1. The highest BCUT2D eigenvalue weighted by molar-refractivity contribution is 9.10. The Morgan fingerprint density at radius 3 is 2.45 bits per heavy atom. The minimum absolute atomic E-state index is 0.102. The van der Waals surface area contributed by atoms with E-state index in [2.05, 4.69) is 21.2 Å². The lowest BCUT2D eigenvalue weighted by molar-refractivity contribution is 0.624. The van der Waals surface area contributed by atoms with Gasteiger partial charge in [-0.05, 0) is 52.7 Å². The van der Waals surface area contributed by atoms with Crippen LogP contribution in [-0.2, 0) is 0 Å². The summed E-state index contributed by atoms with van der Waals surface area (Å²) in [5, 5.41) is 4.15. The van der Waals surface area contributed by atoms with Crippen molar-refractivity contribution in [1.29, 1.82) is 0 Å². The largest absolute Gasteiger partial charge is 0.377 e. The van der Waals surface area contributed by atoms with Crippen molar-refractivity contribution < 1.29 is 4.39 Å². The Balaban J connectivity index is 2.25. The van der Waals surface area contributed by atoms with E-state index in [4.69, 9.17) is 34.8 Å². The van der Waals surface area contributed by atoms with Crippen molar-refractivity contribution in [2.45, 2.75) is 13.0 Å². The Hall–Kier alpha value is -0.480. The van der Waals surface area contributed by atoms with Crippen LogP contribution in [0.25, 0.3) is 0 Å². The van der Waals surface area contributed by atoms with Gasteiger partial charge >= 0.3 is 0 Å². The molecule has 6 heteroatoms. The van der Waals surface area contributed by atoms with E-state index in [0.29, 0.717) is 15.7 Å². The molecule has 0 aliphatic heterocycles. The number of nitrogens with one attached hydrogen (secondary N) is 1. The molecule has 0 bridgehead atoms. The summed E-state index contributed by atoms with van der Waals surface area (Å²) in [6.45, 7) is 1.90. The van der Waals surface area contributed by atoms with Crippen LogP contribution in [0.2, 0.25) is 15.1 Å². The van der Waals surface area contributed by atoms with Crippen molar-refractivity contribution in [3.8, 4) is 0 Å². The Morgan fingerprint density at radius 2 is 1.80 bits per heavy atom. The first kappa shape index (κ1) is 15.9. The highest BCUT2D eigenvalue weighted by atomic mass is 79.9. The van der Waals surface area contributed by atoms with E-state index >= 15 is 0 Å². The van der Waals surface area contributed by atoms with Crippen molar-refractivity contribution in [2.24, 2.45) is 0 Å². The SMILES string of the molecule is CC(Nc1ccc(Br)c(Cl)c1Cl)c1ccc(Cl)c(F)c1. The van der Waals surface area contributed by atoms with Crippen molar-refractivity contribution in [2.75, 3.05) is 5.32 Å². The topological polar surface area (TPSA) is 12.0 Å². The third-order valence-electron chi connectivity index (χ3n) is 2.85. The molecule has 0 aliphatic rings. The molecule has 0 radical (unpaired) electrons. The molecule has 0 saturated carbocycles. The van der Waals surface area contributed by atoms with Crippen LogP contribution < -0.4 is 5.32 Å². The molecule has 1 nitrogen and oxygen atoms in total. The highest BCUT2D eigenvalue weighted by Crippen LogP contribution is 2.37. The van der Waals surface area contributed by atoms with Crippen molar-refractivity contribution >= 4 is 56.4 Å². The Bertz CT molecular complexity index is 649. The lowest BCUT2D eigenvalue weighted by Gasteiger charge is -2.18. The van der Waals surface area contributed by atoms with Crippen molar-refractivity contribution in [3.05, 3.63) is 61.3 Å². The fraction of sp³-hybridized carbons (Fsp3) is 0.143. The van der Waals surface area contributed by atoms with Crippen LogP contribution in [0, 0.1) is 5.82 Å². The van der Waals surface area contributed by atoms with Crippen LogP contribution >= 0.6 is 50.7 Å². The highest BCUT2D eigenvalue weighted by Gasteiger charge is 2.13. The summed E-state index contributed by atoms with van der Waals surface area (Å²) in [4.78, 5) is 0. The molecule has 2 aromatic carbocycles. The van der Waals surface area contributed by atoms with Gasteiger partial charge in [0.2, 0.25) is 0 Å². The number of anilines is 1. The molecule has 0 aromatic heterocycles. The molecule has 2 rings (SSSR count). The Labute approximate surface area is 140 Å². The van der Waals surface area contributed by atoms with Crippen LogP contribution in [0.1, 0.15) is 18.5 Å². The molecule has 1 N–H and O–H groups in total. The number of halogens is 5. The summed E-state index contributed by atoms with van der Waals surface area (Å²) in [6.07, 6.45) is 0. The Morgan fingerprint density at radius 1 is 1.10 bits per heavy atom. The molecule has 20 heavy (non-hydrogen) atoms. The third-order valence-corrected chi connectivity index (χ3v) is 4.93. The summed E-state index contributed by atoms with van der Waals surface area (Å²) < 4.78 is 14.2. The van der Waals surface area contributed by atoms with Crippen LogP contribution in [-0.4, -0.2) is 0 Å². The fourth-order valence-corrected chi connectivity index (χ4v) is 2.68. The molecule has 1 atom stereocenters. The van der Waals surface area contributed by atoms with E-state index in [-0.39, 0.29) is 11.1 Å². The van der Waals surface area contributed by atoms with Crippen molar-refractivity contribution in [1.82, 2.24) is 0 Å². The minimum Gasteiger partial charge on any atom is -0.377 e. The standard InChI is InChI=1S/C14H10BrCl3FN/c1-7(8-2-4-10(16)11(19)6-8)20-12-5-3-9(15)13(17)14(12)18/h2-7,20H,1H3. The maximum atomic E-state index is 13.5. The first-order valence-corrected chi connectivity index (χ1v) is 7.68. The van der Waals surface area contributed by atoms with Gasteiger partial charge in [0, 0.05) is 10.5 Å². The molecule has 0 fully saturated rings. The predicted octanol–water partition coefficient (Wildman–Crippen LogP) is 6.72. The Kier molecular flexibility index (Phi) is 5.19. The average molecular weight is 398 g/mol. The van der Waals surface area contributed by atoms with Gasteiger partial charge in [-0.25, -0.2) is 4.39 Å². The van der Waals surface area contributed by atoms with Crippen LogP contribution in [0.5, 0.6) is 0 Å². The van der Waals surface area contributed by atoms with E-state index in [1.807, 2.05) is 6.92 Å². The summed E-state index contributed by atoms with van der Waals surface area (Å²) >= 11 is 21.2. The second kappa shape index (κ2) is 6.52. The zero-order chi connectivity index (χ0) is 14.9. The summed E-state index contributed by atoms with van der Waals surface area (Å²) in [7, 11) is 0. The van der Waals surface area contributed by atoms with Gasteiger partial charge in [0.15, 0.2) is 0 Å². The van der Waals surface area contributed by atoms with E-state index in [1.54, 1.807) is 18.2 Å². The zero-order valence-corrected chi connectivity index (χ0v) is 14.2. The molecule has 0 heterocycles. The second-order valence-corrected chi connectivity index (χ2v) is 6.28. The molecule has 0 spiro atoms. The third kappa shape index (κ3) is 3.40. The normalized spacial score (nSPS) is 12.3. The molecule has 0 saturated heterocycles. The van der Waals surface area contributed by atoms with Gasteiger partial charge in [0.25, 0.3) is 0 Å². The molecule has 0 aliphatic carbocycles. The van der Waals surface area contributed by atoms with Gasteiger partial charge in [-0.15, -0.1) is 0 Å². The maximum Gasteiger partial charge on any atom is 0.142 e. The van der Waals surface area contributed by atoms with Gasteiger partial charge in [0.1, 0.15) is 5.82 Å². The van der Waals surface area contributed by atoms with Gasteiger partial charge < -0.3 is 5.32 Å². The second-order valence-electron chi connectivity index (χ2n) is 4.26. The monoisotopic (exact) mass is 395 g/mol. The fourth-order valence-electron chi connectivity index (χ4n) is 1.74. The van der Waals surface area contributed by atoms with Crippen LogP contribution in [0.15, 0.2) is 34.8 Å². The van der Waals surface area contributed by atoms with Crippen molar-refractivity contribution in [3.63, 3.8) is 0 Å². The molecule has 2 aromatic rings. The van der Waals surface area contributed by atoms with Crippen LogP contribution in [0.4, 0.5) is 10.1 Å². The number of hydrogen-bond acceptors (Lipinski definition) is 1. The van der Waals surface area contributed by atoms with E-state index < -0.39 is 5.82 Å².